The van der Waals surface area contributed by atoms with Crippen molar-refractivity contribution in [2.45, 2.75) is 0 Å². The fourth-order valence-electron chi connectivity index (χ4n) is 1.95. The Morgan fingerprint density at radius 3 is 2.86 bits per heavy atom. The Balaban J connectivity index is 1.64. The number of rotatable bonds is 5. The number of hydrogen-bond acceptors (Lipinski definition) is 5. The Bertz CT molecular complexity index is 827. The van der Waals surface area contributed by atoms with Gasteiger partial charge in [0.15, 0.2) is 5.65 Å². The molecule has 0 saturated heterocycles. The van der Waals surface area contributed by atoms with E-state index in [0.29, 0.717) is 35.2 Å². The normalized spacial score (nSPS) is 10.8. The van der Waals surface area contributed by atoms with Crippen LogP contribution < -0.4 is 15.2 Å². The maximum atomic E-state index is 11.9. The first-order valence-corrected chi connectivity index (χ1v) is 7.04. The lowest BCUT2D eigenvalue weighted by Gasteiger charge is -2.17. The molecular weight excluding hydrogens is 306 g/mol. The molecule has 0 fully saturated rings. The van der Waals surface area contributed by atoms with Crippen LogP contribution in [0, 0.1) is 0 Å². The van der Waals surface area contributed by atoms with Crippen LogP contribution in [-0.4, -0.2) is 40.4 Å². The van der Waals surface area contributed by atoms with Crippen molar-refractivity contribution < 1.29 is 4.74 Å². The minimum Gasteiger partial charge on any atom is -0.492 e. The highest BCUT2D eigenvalue weighted by molar-refractivity contribution is 6.30. The predicted octanol–water partition coefficient (Wildman–Crippen LogP) is 1.81. The van der Waals surface area contributed by atoms with Crippen LogP contribution in [-0.2, 0) is 0 Å². The van der Waals surface area contributed by atoms with Gasteiger partial charge in [-0.15, -0.1) is 0 Å². The number of nitrogens with zero attached hydrogens (tertiary/aromatic N) is 3. The highest BCUT2D eigenvalue weighted by Gasteiger charge is 2.09. The number of H-pyrrole nitrogens is 2. The summed E-state index contributed by atoms with van der Waals surface area (Å²) < 4.78 is 5.62. The second-order valence-corrected chi connectivity index (χ2v) is 5.18. The van der Waals surface area contributed by atoms with Gasteiger partial charge < -0.3 is 9.64 Å². The molecule has 0 radical (unpaired) electrons. The summed E-state index contributed by atoms with van der Waals surface area (Å²) in [6, 6.07) is 7.15. The molecule has 0 aliphatic rings. The van der Waals surface area contributed by atoms with Gasteiger partial charge in [-0.2, -0.15) is 10.1 Å². The number of aromatic nitrogens is 4. The number of aromatic amines is 2. The fourth-order valence-corrected chi connectivity index (χ4v) is 2.08. The summed E-state index contributed by atoms with van der Waals surface area (Å²) in [4.78, 5) is 20.7. The summed E-state index contributed by atoms with van der Waals surface area (Å²) in [6.07, 6.45) is 1.45. The van der Waals surface area contributed by atoms with Gasteiger partial charge in [0.1, 0.15) is 17.7 Å². The Hall–Kier alpha value is -2.54. The van der Waals surface area contributed by atoms with E-state index in [1.807, 2.05) is 7.05 Å². The average molecular weight is 320 g/mol. The molecule has 2 N–H and O–H groups in total. The van der Waals surface area contributed by atoms with Gasteiger partial charge in [-0.3, -0.25) is 14.9 Å². The van der Waals surface area contributed by atoms with Gasteiger partial charge in [0.05, 0.1) is 12.7 Å². The zero-order chi connectivity index (χ0) is 15.5. The zero-order valence-electron chi connectivity index (χ0n) is 11.8. The number of benzene rings is 1. The number of halogens is 1. The zero-order valence-corrected chi connectivity index (χ0v) is 12.6. The molecule has 0 unspecified atom stereocenters. The topological polar surface area (TPSA) is 86.9 Å². The lowest BCUT2D eigenvalue weighted by Crippen LogP contribution is -2.27. The summed E-state index contributed by atoms with van der Waals surface area (Å²) in [5.74, 6) is 1.20. The number of nitrogens with one attached hydrogen (secondary N) is 2. The molecule has 22 heavy (non-hydrogen) atoms. The van der Waals surface area contributed by atoms with E-state index in [2.05, 4.69) is 20.2 Å². The number of ether oxygens (including phenoxy) is 1. The molecule has 0 spiro atoms. The van der Waals surface area contributed by atoms with Gasteiger partial charge >= 0.3 is 0 Å². The van der Waals surface area contributed by atoms with E-state index >= 15 is 0 Å². The van der Waals surface area contributed by atoms with Crippen molar-refractivity contribution in [3.8, 4) is 5.75 Å². The minimum atomic E-state index is -0.223. The van der Waals surface area contributed by atoms with E-state index in [9.17, 15) is 4.79 Å². The SMILES string of the molecule is CN(CCOc1ccc(Cl)cc1)c1nc2[nH]ncc2c(=O)[nH]1. The third kappa shape index (κ3) is 3.04. The molecule has 0 amide bonds. The average Bonchev–Trinajstić information content (AvgIpc) is 2.98. The van der Waals surface area contributed by atoms with Crippen LogP contribution in [0.2, 0.25) is 5.02 Å². The van der Waals surface area contributed by atoms with E-state index < -0.39 is 0 Å². The summed E-state index contributed by atoms with van der Waals surface area (Å²) >= 11 is 5.82. The third-order valence-electron chi connectivity index (χ3n) is 3.18. The molecular formula is C14H14ClN5O2. The first-order valence-electron chi connectivity index (χ1n) is 6.66. The van der Waals surface area contributed by atoms with E-state index in [1.165, 1.54) is 6.20 Å². The highest BCUT2D eigenvalue weighted by atomic mass is 35.5. The van der Waals surface area contributed by atoms with Crippen LogP contribution in [0.3, 0.4) is 0 Å². The smallest absolute Gasteiger partial charge is 0.263 e. The first-order chi connectivity index (χ1) is 10.6. The Morgan fingerprint density at radius 2 is 2.09 bits per heavy atom. The van der Waals surface area contributed by atoms with Crippen molar-refractivity contribution in [2.24, 2.45) is 0 Å². The monoisotopic (exact) mass is 319 g/mol. The molecule has 0 saturated carbocycles. The third-order valence-corrected chi connectivity index (χ3v) is 3.43. The van der Waals surface area contributed by atoms with Gasteiger partial charge in [-0.25, -0.2) is 0 Å². The molecule has 2 aromatic heterocycles. The number of anilines is 1. The Morgan fingerprint density at radius 1 is 1.32 bits per heavy atom. The van der Waals surface area contributed by atoms with E-state index in [1.54, 1.807) is 29.2 Å². The van der Waals surface area contributed by atoms with Crippen molar-refractivity contribution in [3.05, 3.63) is 45.8 Å². The summed E-state index contributed by atoms with van der Waals surface area (Å²) in [5.41, 5.74) is 0.239. The molecule has 2 heterocycles. The molecule has 3 rings (SSSR count). The van der Waals surface area contributed by atoms with Crippen LogP contribution >= 0.6 is 11.6 Å². The lowest BCUT2D eigenvalue weighted by atomic mass is 10.3. The van der Waals surface area contributed by atoms with E-state index in [-0.39, 0.29) is 5.56 Å². The molecule has 0 bridgehead atoms. The molecule has 3 aromatic rings. The molecule has 7 nitrogen and oxygen atoms in total. The summed E-state index contributed by atoms with van der Waals surface area (Å²) in [5, 5.41) is 7.61. The van der Waals surface area contributed by atoms with Gasteiger partial charge in [-0.1, -0.05) is 11.6 Å². The number of fused-ring (bicyclic) bond motifs is 1. The van der Waals surface area contributed by atoms with Crippen LogP contribution in [0.15, 0.2) is 35.3 Å². The van der Waals surface area contributed by atoms with Crippen LogP contribution in [0.1, 0.15) is 0 Å². The van der Waals surface area contributed by atoms with Crippen molar-refractivity contribution in [1.29, 1.82) is 0 Å². The van der Waals surface area contributed by atoms with Crippen molar-refractivity contribution >= 4 is 28.6 Å². The van der Waals surface area contributed by atoms with Crippen molar-refractivity contribution in [2.75, 3.05) is 25.1 Å². The van der Waals surface area contributed by atoms with Crippen LogP contribution in [0.5, 0.6) is 5.75 Å². The molecule has 8 heteroatoms. The molecule has 0 aliphatic carbocycles. The standard InChI is InChI=1S/C14H14ClN5O2/c1-20(6-7-22-10-4-2-9(15)3-5-10)14-17-12-11(8-16-19-12)13(21)18-14/h2-5,8H,6-7H2,1H3,(H2,16,17,18,19,21). The minimum absolute atomic E-state index is 0.223. The van der Waals surface area contributed by atoms with Crippen molar-refractivity contribution in [3.63, 3.8) is 0 Å². The molecule has 0 aliphatic heterocycles. The largest absolute Gasteiger partial charge is 0.492 e. The second-order valence-electron chi connectivity index (χ2n) is 4.75. The number of hydrogen-bond donors (Lipinski definition) is 2. The van der Waals surface area contributed by atoms with Gasteiger partial charge in [0, 0.05) is 12.1 Å². The lowest BCUT2D eigenvalue weighted by molar-refractivity contribution is 0.325. The molecule has 114 valence electrons. The molecule has 1 aromatic carbocycles. The van der Waals surface area contributed by atoms with Gasteiger partial charge in [-0.05, 0) is 24.3 Å². The highest BCUT2D eigenvalue weighted by Crippen LogP contribution is 2.15. The van der Waals surface area contributed by atoms with Crippen LogP contribution in [0.4, 0.5) is 5.95 Å². The van der Waals surface area contributed by atoms with E-state index in [4.69, 9.17) is 16.3 Å². The maximum absolute atomic E-state index is 11.9. The summed E-state index contributed by atoms with van der Waals surface area (Å²) in [7, 11) is 1.83. The quantitative estimate of drug-likeness (QED) is 0.749. The first kappa shape index (κ1) is 14.4. The Labute approximate surface area is 130 Å². The van der Waals surface area contributed by atoms with Gasteiger partial charge in [0.25, 0.3) is 5.56 Å². The van der Waals surface area contributed by atoms with Gasteiger partial charge in [0.2, 0.25) is 5.95 Å². The molecule has 0 atom stereocenters. The summed E-state index contributed by atoms with van der Waals surface area (Å²) in [6.45, 7) is 1.01. The van der Waals surface area contributed by atoms with E-state index in [0.717, 1.165) is 5.75 Å². The second kappa shape index (κ2) is 6.07. The number of likely N-dealkylation sites (N-methyl/N-ethyl adjacent to an activating group) is 1. The predicted molar refractivity (Wildman–Crippen MR) is 84.7 cm³/mol. The fraction of sp³-hybridized carbons (Fsp3) is 0.214. The van der Waals surface area contributed by atoms with Crippen LogP contribution in [0.25, 0.3) is 11.0 Å². The maximum Gasteiger partial charge on any atom is 0.263 e. The Kier molecular flexibility index (Phi) is 3.97. The van der Waals surface area contributed by atoms with Crippen molar-refractivity contribution in [1.82, 2.24) is 20.2 Å².